The van der Waals surface area contributed by atoms with Gasteiger partial charge in [0.25, 0.3) is 5.91 Å². The van der Waals surface area contributed by atoms with Crippen LogP contribution in [0.3, 0.4) is 0 Å². The average Bonchev–Trinajstić information content (AvgIpc) is 2.13. The second-order valence-electron chi connectivity index (χ2n) is 3.97. The van der Waals surface area contributed by atoms with E-state index in [1.54, 1.807) is 0 Å². The first kappa shape index (κ1) is 14.2. The lowest BCUT2D eigenvalue weighted by atomic mass is 10.2. The number of hydrogen-bond acceptors (Lipinski definition) is 4. The van der Waals surface area contributed by atoms with Crippen molar-refractivity contribution >= 4 is 24.1 Å². The van der Waals surface area contributed by atoms with Gasteiger partial charge in [-0.3, -0.25) is 14.4 Å². The Kier molecular flexibility index (Phi) is 6.35. The molecule has 2 N–H and O–H groups in total. The molecule has 6 heteroatoms. The molecule has 5 nitrogen and oxygen atoms in total. The predicted molar refractivity (Wildman–Crippen MR) is 60.4 cm³/mol. The van der Waals surface area contributed by atoms with Crippen LogP contribution in [0.15, 0.2) is 0 Å². The lowest BCUT2D eigenvalue weighted by Crippen LogP contribution is -2.47. The van der Waals surface area contributed by atoms with E-state index in [4.69, 9.17) is 4.84 Å². The zero-order chi connectivity index (χ0) is 11.9. The molecule has 0 radical (unpaired) electrons. The zero-order valence-electron chi connectivity index (χ0n) is 9.49. The minimum Gasteiger partial charge on any atom is -0.346 e. The third-order valence-electron chi connectivity index (χ3n) is 1.38. The monoisotopic (exact) mass is 234 g/mol. The van der Waals surface area contributed by atoms with Crippen molar-refractivity contribution < 1.29 is 14.4 Å². The molecule has 0 saturated carbocycles. The highest BCUT2D eigenvalue weighted by Crippen LogP contribution is 2.04. The summed E-state index contributed by atoms with van der Waals surface area (Å²) in [7, 11) is 0. The summed E-state index contributed by atoms with van der Waals surface area (Å²) in [5, 5.41) is 2.43. The maximum Gasteiger partial charge on any atom is 0.266 e. The number of thioether (sulfide) groups is 1. The first-order valence-corrected chi connectivity index (χ1v) is 5.96. The molecule has 0 rings (SSSR count). The Morgan fingerprint density at radius 1 is 1.53 bits per heavy atom. The number of carbonyl (C=O) groups is 2. The minimum atomic E-state index is -0.556. The summed E-state index contributed by atoms with van der Waals surface area (Å²) in [4.78, 5) is 26.9. The van der Waals surface area contributed by atoms with E-state index < -0.39 is 11.6 Å². The van der Waals surface area contributed by atoms with Crippen LogP contribution in [0.1, 0.15) is 20.8 Å². The minimum absolute atomic E-state index is 0.341. The van der Waals surface area contributed by atoms with Crippen LogP contribution >= 0.6 is 11.8 Å². The summed E-state index contributed by atoms with van der Waals surface area (Å²) in [5.41, 5.74) is 1.87. The van der Waals surface area contributed by atoms with Gasteiger partial charge < -0.3 is 5.32 Å². The Bertz CT molecular complexity index is 216. The molecule has 0 bridgehead atoms. The normalized spacial score (nSPS) is 13.1. The fourth-order valence-corrected chi connectivity index (χ4v) is 1.30. The van der Waals surface area contributed by atoms with E-state index in [1.165, 1.54) is 11.8 Å². The largest absolute Gasteiger partial charge is 0.346 e. The van der Waals surface area contributed by atoms with Gasteiger partial charge in [0.2, 0.25) is 6.41 Å². The lowest BCUT2D eigenvalue weighted by Gasteiger charge is -2.21. The Hall–Kier alpha value is -0.750. The van der Waals surface area contributed by atoms with E-state index >= 15 is 0 Å². The summed E-state index contributed by atoms with van der Waals surface area (Å²) in [6.45, 7) is 5.47. The van der Waals surface area contributed by atoms with Crippen LogP contribution in [-0.4, -0.2) is 36.0 Å². The van der Waals surface area contributed by atoms with E-state index in [-0.39, 0.29) is 5.91 Å². The van der Waals surface area contributed by atoms with Crippen LogP contribution < -0.4 is 10.8 Å². The van der Waals surface area contributed by atoms with E-state index in [1.807, 2.05) is 27.0 Å². The predicted octanol–water partition coefficient (Wildman–Crippen LogP) is 0.310. The second-order valence-corrected chi connectivity index (χ2v) is 4.88. The van der Waals surface area contributed by atoms with Crippen LogP contribution in [0.4, 0.5) is 0 Å². The molecule has 0 aliphatic heterocycles. The fourth-order valence-electron chi connectivity index (χ4n) is 0.723. The Labute approximate surface area is 94.3 Å². The SMILES string of the molecule is CSCC(NC=O)C(=O)NOC(C)(C)C. The van der Waals surface area contributed by atoms with Crippen LogP contribution in [-0.2, 0) is 14.4 Å². The molecule has 0 spiro atoms. The summed E-state index contributed by atoms with van der Waals surface area (Å²) in [6, 6.07) is -0.556. The Morgan fingerprint density at radius 3 is 2.53 bits per heavy atom. The second kappa shape index (κ2) is 6.68. The van der Waals surface area contributed by atoms with Crippen molar-refractivity contribution in [1.29, 1.82) is 0 Å². The first-order valence-electron chi connectivity index (χ1n) is 4.57. The van der Waals surface area contributed by atoms with Gasteiger partial charge in [-0.1, -0.05) is 0 Å². The van der Waals surface area contributed by atoms with Gasteiger partial charge in [-0.2, -0.15) is 11.8 Å². The van der Waals surface area contributed by atoms with Crippen molar-refractivity contribution in [1.82, 2.24) is 10.8 Å². The molecule has 2 amide bonds. The van der Waals surface area contributed by atoms with Gasteiger partial charge in [0, 0.05) is 5.75 Å². The molecule has 0 aliphatic carbocycles. The molecule has 0 heterocycles. The Morgan fingerprint density at radius 2 is 2.13 bits per heavy atom. The highest BCUT2D eigenvalue weighted by Gasteiger charge is 2.19. The summed E-state index contributed by atoms with van der Waals surface area (Å²) in [5.74, 6) is 0.171. The third-order valence-corrected chi connectivity index (χ3v) is 2.04. The van der Waals surface area contributed by atoms with Crippen molar-refractivity contribution in [3.05, 3.63) is 0 Å². The molecule has 0 aromatic heterocycles. The van der Waals surface area contributed by atoms with Crippen molar-refractivity contribution in [2.75, 3.05) is 12.0 Å². The third kappa shape index (κ3) is 7.21. The molecule has 0 fully saturated rings. The summed E-state index contributed by atoms with van der Waals surface area (Å²) >= 11 is 1.47. The van der Waals surface area contributed by atoms with Gasteiger partial charge in [-0.05, 0) is 27.0 Å². The molecule has 88 valence electrons. The van der Waals surface area contributed by atoms with Crippen molar-refractivity contribution in [3.8, 4) is 0 Å². The lowest BCUT2D eigenvalue weighted by molar-refractivity contribution is -0.147. The number of nitrogens with one attached hydrogen (secondary N) is 2. The first-order chi connectivity index (χ1) is 6.90. The van der Waals surface area contributed by atoms with Crippen LogP contribution in [0.2, 0.25) is 0 Å². The number of rotatable bonds is 6. The van der Waals surface area contributed by atoms with Gasteiger partial charge in [0.15, 0.2) is 0 Å². The molecule has 15 heavy (non-hydrogen) atoms. The van der Waals surface area contributed by atoms with Crippen molar-refractivity contribution in [3.63, 3.8) is 0 Å². The number of amides is 2. The average molecular weight is 234 g/mol. The molecule has 0 aliphatic rings. The van der Waals surface area contributed by atoms with Crippen molar-refractivity contribution in [2.45, 2.75) is 32.4 Å². The fraction of sp³-hybridized carbons (Fsp3) is 0.778. The van der Waals surface area contributed by atoms with Crippen LogP contribution in [0.25, 0.3) is 0 Å². The smallest absolute Gasteiger partial charge is 0.266 e. The highest BCUT2D eigenvalue weighted by molar-refractivity contribution is 7.98. The molecule has 0 aromatic rings. The van der Waals surface area contributed by atoms with Gasteiger partial charge >= 0.3 is 0 Å². The number of carbonyl (C=O) groups excluding carboxylic acids is 2. The van der Waals surface area contributed by atoms with Crippen molar-refractivity contribution in [2.24, 2.45) is 0 Å². The molecule has 0 saturated heterocycles. The van der Waals surface area contributed by atoms with Gasteiger partial charge in [-0.25, -0.2) is 5.48 Å². The van der Waals surface area contributed by atoms with Crippen LogP contribution in [0.5, 0.6) is 0 Å². The van der Waals surface area contributed by atoms with Gasteiger partial charge in [0.1, 0.15) is 6.04 Å². The molecule has 1 atom stereocenters. The molecular formula is C9H18N2O3S. The van der Waals surface area contributed by atoms with E-state index in [0.717, 1.165) is 0 Å². The van der Waals surface area contributed by atoms with Crippen LogP contribution in [0, 0.1) is 0 Å². The number of hydrogen-bond donors (Lipinski definition) is 2. The molecular weight excluding hydrogens is 216 g/mol. The highest BCUT2D eigenvalue weighted by atomic mass is 32.2. The Balaban J connectivity index is 4.07. The molecule has 0 aromatic carbocycles. The number of hydroxylamine groups is 1. The summed E-state index contributed by atoms with van der Waals surface area (Å²) < 4.78 is 0. The van der Waals surface area contributed by atoms with E-state index in [0.29, 0.717) is 12.2 Å². The quantitative estimate of drug-likeness (QED) is 0.513. The summed E-state index contributed by atoms with van der Waals surface area (Å²) in [6.07, 6.45) is 2.37. The topological polar surface area (TPSA) is 67.4 Å². The van der Waals surface area contributed by atoms with E-state index in [9.17, 15) is 9.59 Å². The maximum absolute atomic E-state index is 11.5. The zero-order valence-corrected chi connectivity index (χ0v) is 10.3. The van der Waals surface area contributed by atoms with Gasteiger partial charge in [-0.15, -0.1) is 0 Å². The molecule has 1 unspecified atom stereocenters. The standard InChI is InChI=1S/C9H18N2O3S/c1-9(2,3)14-11-8(13)7(5-15-4)10-6-12/h6-7H,5H2,1-4H3,(H,10,12)(H,11,13). The van der Waals surface area contributed by atoms with E-state index in [2.05, 4.69) is 10.8 Å². The maximum atomic E-state index is 11.5. The van der Waals surface area contributed by atoms with Gasteiger partial charge in [0.05, 0.1) is 5.60 Å².